The molecule has 1 N–H and O–H groups in total. The summed E-state index contributed by atoms with van der Waals surface area (Å²) in [5.74, 6) is 0.446. The van der Waals surface area contributed by atoms with Crippen LogP contribution in [-0.2, 0) is 0 Å². The minimum absolute atomic E-state index is 0.446. The van der Waals surface area contributed by atoms with Gasteiger partial charge in [-0.05, 0) is 11.5 Å². The fourth-order valence-corrected chi connectivity index (χ4v) is 1.85. The predicted molar refractivity (Wildman–Crippen MR) is 65.5 cm³/mol. The fraction of sp³-hybridized carbons (Fsp3) is 0.385. The van der Waals surface area contributed by atoms with Gasteiger partial charge in [0, 0.05) is 19.1 Å². The molecule has 0 saturated carbocycles. The smallest absolute Gasteiger partial charge is 0.231 e. The van der Waals surface area contributed by atoms with E-state index in [0.29, 0.717) is 11.6 Å². The Bertz CT molecular complexity index is 420. The van der Waals surface area contributed by atoms with E-state index in [1.54, 1.807) is 12.1 Å². The average molecular weight is 219 g/mol. The molecule has 2 rings (SSSR count). The van der Waals surface area contributed by atoms with Crippen LogP contribution < -0.4 is 4.65 Å². The molecule has 3 heteroatoms. The van der Waals surface area contributed by atoms with Crippen LogP contribution in [0.1, 0.15) is 32.3 Å². The third-order valence-electron chi connectivity index (χ3n) is 3.22. The minimum atomic E-state index is -1.33. The topological polar surface area (TPSA) is 43.3 Å². The number of hydrogen-bond acceptors (Lipinski definition) is 2. The van der Waals surface area contributed by atoms with Crippen LogP contribution in [0, 0.1) is 5.21 Å². The molecule has 0 bridgehead atoms. The number of nitrogens with zero attached hydrogens (tertiary/aromatic N) is 1. The summed E-state index contributed by atoms with van der Waals surface area (Å²) in [6.45, 7) is 5.74. The molecule has 86 valence electrons. The maximum Gasteiger partial charge on any atom is 0.231 e. The molecule has 0 spiro atoms. The summed E-state index contributed by atoms with van der Waals surface area (Å²) in [6, 6.07) is 7.47. The number of hydrogen-bond donors (Lipinski definition) is 1. The van der Waals surface area contributed by atoms with Gasteiger partial charge in [0.15, 0.2) is 0 Å². The Morgan fingerprint density at radius 2 is 1.81 bits per heavy atom. The van der Waals surface area contributed by atoms with Crippen LogP contribution in [0.4, 0.5) is 5.69 Å². The summed E-state index contributed by atoms with van der Waals surface area (Å²) in [4.78, 5) is 0. The van der Waals surface area contributed by atoms with Crippen LogP contribution in [0.15, 0.2) is 36.5 Å². The van der Waals surface area contributed by atoms with Gasteiger partial charge in [-0.3, -0.25) is 4.65 Å². The second-order valence-corrected chi connectivity index (χ2v) is 4.81. The lowest BCUT2D eigenvalue weighted by atomic mass is 10.0. The molecule has 1 aliphatic heterocycles. The van der Waals surface area contributed by atoms with Crippen molar-refractivity contribution >= 4 is 5.69 Å². The Labute approximate surface area is 95.8 Å². The fourth-order valence-electron chi connectivity index (χ4n) is 1.85. The molecule has 0 saturated heterocycles. The van der Waals surface area contributed by atoms with Crippen LogP contribution in [0.2, 0.25) is 0 Å². The number of quaternary nitrogens is 1. The lowest BCUT2D eigenvalue weighted by Crippen LogP contribution is -2.61. The first-order valence-corrected chi connectivity index (χ1v) is 5.50. The van der Waals surface area contributed by atoms with E-state index in [-0.39, 0.29) is 0 Å². The molecule has 0 aliphatic carbocycles. The first-order chi connectivity index (χ1) is 7.37. The monoisotopic (exact) mass is 219 g/mol. The van der Waals surface area contributed by atoms with Gasteiger partial charge in [0.2, 0.25) is 5.72 Å². The normalized spacial score (nSPS) is 32.9. The van der Waals surface area contributed by atoms with E-state index in [2.05, 4.69) is 13.8 Å². The van der Waals surface area contributed by atoms with E-state index in [0.717, 1.165) is 0 Å². The zero-order valence-electron chi connectivity index (χ0n) is 9.84. The number of aliphatic hydroxyl groups is 1. The molecule has 0 aromatic heterocycles. The minimum Gasteiger partial charge on any atom is -0.620 e. The van der Waals surface area contributed by atoms with Gasteiger partial charge in [-0.2, -0.15) is 0 Å². The Balaban J connectivity index is 2.34. The maximum atomic E-state index is 12.3. The Kier molecular flexibility index (Phi) is 2.42. The number of benzene rings is 1. The van der Waals surface area contributed by atoms with E-state index in [9.17, 15) is 10.3 Å². The van der Waals surface area contributed by atoms with Crippen molar-refractivity contribution in [3.8, 4) is 0 Å². The molecular weight excluding hydrogens is 202 g/mol. The zero-order chi connectivity index (χ0) is 12.0. The lowest BCUT2D eigenvalue weighted by Gasteiger charge is -2.52. The SMILES string of the molecule is CC(C)c1ccc([N+]2([O-])C=CC2(C)O)cc1. The standard InChI is InChI=1S/C13H17NO2/c1-10(2)11-4-6-12(7-5-11)14(16)9-8-13(14,3)15/h4-10,15H,1-3H3. The van der Waals surface area contributed by atoms with Crippen molar-refractivity contribution in [2.75, 3.05) is 0 Å². The zero-order valence-corrected chi connectivity index (χ0v) is 9.84. The van der Waals surface area contributed by atoms with Gasteiger partial charge >= 0.3 is 0 Å². The van der Waals surface area contributed by atoms with Gasteiger partial charge in [-0.25, -0.2) is 0 Å². The van der Waals surface area contributed by atoms with Gasteiger partial charge in [0.1, 0.15) is 11.9 Å². The maximum absolute atomic E-state index is 12.3. The van der Waals surface area contributed by atoms with Crippen molar-refractivity contribution in [1.29, 1.82) is 0 Å². The summed E-state index contributed by atoms with van der Waals surface area (Å²) in [5, 5.41) is 22.1. The highest BCUT2D eigenvalue weighted by molar-refractivity contribution is 5.53. The molecule has 1 aliphatic rings. The predicted octanol–water partition coefficient (Wildman–Crippen LogP) is 2.85. The largest absolute Gasteiger partial charge is 0.620 e. The van der Waals surface area contributed by atoms with Crippen molar-refractivity contribution in [1.82, 2.24) is 4.65 Å². The van der Waals surface area contributed by atoms with Crippen molar-refractivity contribution in [2.45, 2.75) is 32.4 Å². The molecule has 2 unspecified atom stereocenters. The molecule has 0 amide bonds. The Morgan fingerprint density at radius 3 is 2.12 bits per heavy atom. The molecule has 1 aromatic carbocycles. The van der Waals surface area contributed by atoms with Gasteiger partial charge in [0.25, 0.3) is 0 Å². The number of hydroxylamine groups is 2. The molecule has 2 atom stereocenters. The van der Waals surface area contributed by atoms with Crippen LogP contribution in [0.25, 0.3) is 0 Å². The highest BCUT2D eigenvalue weighted by Gasteiger charge is 2.45. The molecular formula is C13H17NO2. The van der Waals surface area contributed by atoms with Crippen LogP contribution in [0.5, 0.6) is 0 Å². The van der Waals surface area contributed by atoms with Gasteiger partial charge in [-0.15, -0.1) is 0 Å². The third kappa shape index (κ3) is 1.48. The molecule has 0 radical (unpaired) electrons. The number of rotatable bonds is 2. The highest BCUT2D eigenvalue weighted by Crippen LogP contribution is 2.39. The van der Waals surface area contributed by atoms with Crippen molar-refractivity contribution in [3.05, 3.63) is 47.3 Å². The van der Waals surface area contributed by atoms with E-state index in [4.69, 9.17) is 0 Å². The summed E-state index contributed by atoms with van der Waals surface area (Å²) in [7, 11) is 0. The van der Waals surface area contributed by atoms with E-state index < -0.39 is 10.4 Å². The van der Waals surface area contributed by atoms with E-state index in [1.165, 1.54) is 24.8 Å². The summed E-state index contributed by atoms with van der Waals surface area (Å²) in [5.41, 5.74) is 0.427. The molecule has 1 aromatic rings. The molecule has 1 heterocycles. The Morgan fingerprint density at radius 1 is 1.25 bits per heavy atom. The van der Waals surface area contributed by atoms with Crippen LogP contribution in [0.3, 0.4) is 0 Å². The van der Waals surface area contributed by atoms with E-state index >= 15 is 0 Å². The lowest BCUT2D eigenvalue weighted by molar-refractivity contribution is -0.0171. The van der Waals surface area contributed by atoms with Crippen molar-refractivity contribution in [2.24, 2.45) is 0 Å². The molecule has 3 nitrogen and oxygen atoms in total. The molecule has 16 heavy (non-hydrogen) atoms. The first-order valence-electron chi connectivity index (χ1n) is 5.50. The summed E-state index contributed by atoms with van der Waals surface area (Å²) in [6.07, 6.45) is 2.99. The second-order valence-electron chi connectivity index (χ2n) is 4.81. The summed E-state index contributed by atoms with van der Waals surface area (Å²) < 4.78 is -0.786. The second kappa shape index (κ2) is 3.42. The van der Waals surface area contributed by atoms with Gasteiger partial charge < -0.3 is 10.3 Å². The quantitative estimate of drug-likeness (QED) is 0.614. The summed E-state index contributed by atoms with van der Waals surface area (Å²) >= 11 is 0. The highest BCUT2D eigenvalue weighted by atomic mass is 16.6. The van der Waals surface area contributed by atoms with E-state index in [1.807, 2.05) is 12.1 Å². The third-order valence-corrected chi connectivity index (χ3v) is 3.22. The van der Waals surface area contributed by atoms with Gasteiger partial charge in [-0.1, -0.05) is 26.0 Å². The average Bonchev–Trinajstić information content (AvgIpc) is 2.26. The van der Waals surface area contributed by atoms with Crippen molar-refractivity contribution in [3.63, 3.8) is 0 Å². The van der Waals surface area contributed by atoms with Crippen LogP contribution >= 0.6 is 0 Å². The Hall–Kier alpha value is -1.16. The van der Waals surface area contributed by atoms with Crippen molar-refractivity contribution < 1.29 is 5.11 Å². The van der Waals surface area contributed by atoms with Crippen LogP contribution in [-0.4, -0.2) is 10.8 Å². The first kappa shape index (κ1) is 11.3. The molecule has 0 fully saturated rings. The van der Waals surface area contributed by atoms with Gasteiger partial charge in [0.05, 0.1) is 6.08 Å².